The molecule has 0 unspecified atom stereocenters. The molecule has 2 aromatic heterocycles. The van der Waals surface area contributed by atoms with E-state index in [-0.39, 0.29) is 5.97 Å². The van der Waals surface area contributed by atoms with E-state index in [9.17, 15) is 4.79 Å². The molecule has 0 saturated carbocycles. The maximum Gasteiger partial charge on any atom is 0.312 e. The van der Waals surface area contributed by atoms with Crippen LogP contribution in [0.25, 0.3) is 11.3 Å². The Bertz CT molecular complexity index is 1020. The van der Waals surface area contributed by atoms with Crippen molar-refractivity contribution in [2.75, 3.05) is 10.8 Å². The number of anilines is 2. The highest BCUT2D eigenvalue weighted by Gasteiger charge is 2.27. The van der Waals surface area contributed by atoms with E-state index < -0.39 is 5.72 Å². The van der Waals surface area contributed by atoms with E-state index in [1.807, 2.05) is 73.3 Å². The third-order valence-corrected chi connectivity index (χ3v) is 4.60. The predicted octanol–water partition coefficient (Wildman–Crippen LogP) is 3.07. The van der Waals surface area contributed by atoms with Crippen molar-refractivity contribution in [3.05, 3.63) is 66.6 Å². The first kappa shape index (κ1) is 19.8. The van der Waals surface area contributed by atoms with Crippen molar-refractivity contribution < 1.29 is 18.9 Å². The predicted molar refractivity (Wildman–Crippen MR) is 111 cm³/mol. The third-order valence-electron chi connectivity index (χ3n) is 4.60. The number of ether oxygens (including phenoxy) is 1. The fourth-order valence-corrected chi connectivity index (χ4v) is 2.98. The largest absolute Gasteiger partial charge is 0.461 e. The molecule has 30 heavy (non-hydrogen) atoms. The lowest BCUT2D eigenvalue weighted by molar-refractivity contribution is -0.695. The number of hydrogen-bond acceptors (Lipinski definition) is 7. The molecule has 0 fully saturated rings. The van der Waals surface area contributed by atoms with E-state index in [4.69, 9.17) is 9.57 Å². The van der Waals surface area contributed by atoms with Gasteiger partial charge in [0.1, 0.15) is 13.0 Å². The summed E-state index contributed by atoms with van der Waals surface area (Å²) < 4.78 is 7.26. The molecule has 0 atom stereocenters. The summed E-state index contributed by atoms with van der Waals surface area (Å²) in [6, 6.07) is 13.6. The third kappa shape index (κ3) is 4.90. The van der Waals surface area contributed by atoms with Crippen LogP contribution in [-0.2, 0) is 27.5 Å². The molecule has 3 aromatic rings. The Kier molecular flexibility index (Phi) is 5.58. The van der Waals surface area contributed by atoms with Gasteiger partial charge in [0.25, 0.3) is 0 Å². The highest BCUT2D eigenvalue weighted by molar-refractivity contribution is 5.69. The Morgan fingerprint density at radius 3 is 2.67 bits per heavy atom. The van der Waals surface area contributed by atoms with E-state index >= 15 is 0 Å². The normalized spacial score (nSPS) is 14.2. The fraction of sp³-hybridized carbons (Fsp3) is 0.273. The molecule has 8 nitrogen and oxygen atoms in total. The van der Waals surface area contributed by atoms with Crippen molar-refractivity contribution in [1.82, 2.24) is 9.97 Å². The van der Waals surface area contributed by atoms with Gasteiger partial charge in [-0.2, -0.15) is 0 Å². The number of aryl methyl sites for hydroxylation is 1. The first-order chi connectivity index (χ1) is 14.5. The summed E-state index contributed by atoms with van der Waals surface area (Å²) in [6.45, 7) is 4.63. The molecule has 3 heterocycles. The van der Waals surface area contributed by atoms with Crippen molar-refractivity contribution in [1.29, 1.82) is 0 Å². The smallest absolute Gasteiger partial charge is 0.312 e. The van der Waals surface area contributed by atoms with Gasteiger partial charge in [0, 0.05) is 17.7 Å². The summed E-state index contributed by atoms with van der Waals surface area (Å²) in [4.78, 5) is 26.4. The number of benzene rings is 1. The van der Waals surface area contributed by atoms with Crippen molar-refractivity contribution in [3.63, 3.8) is 0 Å². The molecule has 0 saturated heterocycles. The summed E-state index contributed by atoms with van der Waals surface area (Å²) in [5.74, 6) is 0.971. The van der Waals surface area contributed by atoms with Gasteiger partial charge in [0.15, 0.2) is 36.3 Å². The minimum absolute atomic E-state index is 0.223. The molecule has 0 spiro atoms. The Morgan fingerprint density at radius 1 is 1.13 bits per heavy atom. The quantitative estimate of drug-likeness (QED) is 0.480. The van der Waals surface area contributed by atoms with Crippen LogP contribution in [-0.4, -0.2) is 21.7 Å². The molecule has 4 rings (SSSR count). The standard InChI is InChI=1S/C22H23N5O3/c1-22(2)25-21-20(26-30-22)23-14-18(24-21)17-8-11-27(12-9-17)13-10-19(28)29-15-16-6-4-3-5-7-16/h3-9,11-12,14H,10,13,15H2,1-2H3,(H,24,25)/p+1. The van der Waals surface area contributed by atoms with E-state index in [0.29, 0.717) is 31.2 Å². The number of nitrogens with zero attached hydrogens (tertiary/aromatic N) is 3. The van der Waals surface area contributed by atoms with Crippen LogP contribution in [0.2, 0.25) is 0 Å². The van der Waals surface area contributed by atoms with Gasteiger partial charge in [-0.15, -0.1) is 0 Å². The van der Waals surface area contributed by atoms with Crippen LogP contribution >= 0.6 is 0 Å². The van der Waals surface area contributed by atoms with Gasteiger partial charge >= 0.3 is 5.97 Å². The molecule has 0 radical (unpaired) electrons. The van der Waals surface area contributed by atoms with Crippen molar-refractivity contribution in [2.24, 2.45) is 0 Å². The molecule has 0 bridgehead atoms. The van der Waals surface area contributed by atoms with Crippen LogP contribution in [0, 0.1) is 0 Å². The minimum atomic E-state index is -0.574. The number of carbonyl (C=O) groups is 1. The maximum atomic E-state index is 12.0. The van der Waals surface area contributed by atoms with Gasteiger partial charge in [-0.25, -0.2) is 24.9 Å². The second-order valence-corrected chi connectivity index (χ2v) is 7.51. The molecule has 0 amide bonds. The second kappa shape index (κ2) is 8.46. The van der Waals surface area contributed by atoms with Crippen LogP contribution in [0.15, 0.2) is 61.1 Å². The van der Waals surface area contributed by atoms with Crippen molar-refractivity contribution >= 4 is 17.6 Å². The van der Waals surface area contributed by atoms with Crippen molar-refractivity contribution in [2.45, 2.75) is 39.1 Å². The molecular weight excluding hydrogens is 382 g/mol. The average molecular weight is 406 g/mol. The van der Waals surface area contributed by atoms with Crippen LogP contribution in [0.3, 0.4) is 0 Å². The molecule has 1 aliphatic heterocycles. The molecule has 0 aliphatic carbocycles. The first-order valence-corrected chi connectivity index (χ1v) is 9.77. The molecule has 154 valence electrons. The molecule has 2 N–H and O–H groups in total. The number of carbonyl (C=O) groups excluding carboxylic acids is 1. The van der Waals surface area contributed by atoms with Gasteiger partial charge < -0.3 is 10.1 Å². The number of fused-ring (bicyclic) bond motifs is 1. The highest BCUT2D eigenvalue weighted by Crippen LogP contribution is 2.29. The van der Waals surface area contributed by atoms with E-state index in [0.717, 1.165) is 16.8 Å². The average Bonchev–Trinajstić information content (AvgIpc) is 2.76. The lowest BCUT2D eigenvalue weighted by Gasteiger charge is -2.32. The Hall–Kier alpha value is -3.52. The summed E-state index contributed by atoms with van der Waals surface area (Å²) in [6.07, 6.45) is 5.83. The highest BCUT2D eigenvalue weighted by atomic mass is 16.7. The summed E-state index contributed by atoms with van der Waals surface area (Å²) in [5, 5.41) is 3.20. The van der Waals surface area contributed by atoms with E-state index in [1.165, 1.54) is 0 Å². The van der Waals surface area contributed by atoms with Crippen LogP contribution < -0.4 is 15.4 Å². The maximum absolute atomic E-state index is 12.0. The number of pyridine rings is 1. The summed E-state index contributed by atoms with van der Waals surface area (Å²) >= 11 is 0. The lowest BCUT2D eigenvalue weighted by Crippen LogP contribution is -2.40. The van der Waals surface area contributed by atoms with Gasteiger partial charge in [0.2, 0.25) is 0 Å². The number of aromatic nitrogens is 3. The lowest BCUT2D eigenvalue weighted by atomic mass is 10.2. The zero-order valence-electron chi connectivity index (χ0n) is 17.0. The van der Waals surface area contributed by atoms with Crippen LogP contribution in [0.1, 0.15) is 25.8 Å². The molecular formula is C22H24N5O3+. The Labute approximate surface area is 174 Å². The molecule has 1 aliphatic rings. The summed E-state index contributed by atoms with van der Waals surface area (Å²) in [5.41, 5.74) is 4.89. The van der Waals surface area contributed by atoms with Gasteiger partial charge in [0.05, 0.1) is 11.9 Å². The Morgan fingerprint density at radius 2 is 1.90 bits per heavy atom. The topological polar surface area (TPSA) is 89.3 Å². The summed E-state index contributed by atoms with van der Waals surface area (Å²) in [7, 11) is 0. The van der Waals surface area contributed by atoms with E-state index in [2.05, 4.69) is 20.8 Å². The monoisotopic (exact) mass is 406 g/mol. The number of rotatable bonds is 6. The molecule has 1 aromatic carbocycles. The zero-order valence-corrected chi connectivity index (χ0v) is 17.0. The van der Waals surface area contributed by atoms with Crippen LogP contribution in [0.5, 0.6) is 0 Å². The number of hydrogen-bond donors (Lipinski definition) is 2. The SMILES string of the molecule is CC1(C)Nc2nc(-c3cc[n+](CCC(=O)OCc4ccccc4)cc3)cnc2NO1. The van der Waals surface area contributed by atoms with E-state index in [1.54, 1.807) is 6.20 Å². The van der Waals surface area contributed by atoms with Gasteiger partial charge in [-0.05, 0) is 19.4 Å². The number of esters is 1. The Balaban J connectivity index is 1.34. The van der Waals surface area contributed by atoms with Gasteiger partial charge in [-0.3, -0.25) is 4.79 Å². The van der Waals surface area contributed by atoms with Gasteiger partial charge in [-0.1, -0.05) is 30.3 Å². The molecule has 8 heteroatoms. The zero-order chi connectivity index (χ0) is 21.0. The number of nitrogens with one attached hydrogen (secondary N) is 2. The van der Waals surface area contributed by atoms with Crippen molar-refractivity contribution in [3.8, 4) is 11.3 Å². The second-order valence-electron chi connectivity index (χ2n) is 7.51. The minimum Gasteiger partial charge on any atom is -0.461 e. The van der Waals surface area contributed by atoms with Crippen LogP contribution in [0.4, 0.5) is 11.6 Å². The first-order valence-electron chi connectivity index (χ1n) is 9.77. The fourth-order valence-electron chi connectivity index (χ4n) is 2.98.